The first-order valence-corrected chi connectivity index (χ1v) is 5.50. The summed E-state index contributed by atoms with van der Waals surface area (Å²) in [5.41, 5.74) is 0. The van der Waals surface area contributed by atoms with Crippen molar-refractivity contribution in [3.63, 3.8) is 0 Å². The first-order chi connectivity index (χ1) is 7.41. The Bertz CT molecular complexity index is 399. The van der Waals surface area contributed by atoms with E-state index in [0.717, 1.165) is 0 Å². The number of carbonyl (C=O) groups is 2. The van der Waals surface area contributed by atoms with Crippen LogP contribution < -0.4 is 0 Å². The number of carboxylic acid groups (broad SMARTS) is 1. The lowest BCUT2D eigenvalue weighted by Gasteiger charge is -2.14. The van der Waals surface area contributed by atoms with Gasteiger partial charge in [-0.3, -0.25) is 4.79 Å². The largest absolute Gasteiger partial charge is 0.475 e. The van der Waals surface area contributed by atoms with Gasteiger partial charge in [0.15, 0.2) is 5.09 Å². The molecule has 1 heterocycles. The quantitative estimate of drug-likeness (QED) is 0.812. The third-order valence-corrected chi connectivity index (χ3v) is 2.88. The Morgan fingerprint density at radius 1 is 1.44 bits per heavy atom. The highest BCUT2D eigenvalue weighted by Crippen LogP contribution is 2.26. The smallest absolute Gasteiger partial charge is 0.371 e. The van der Waals surface area contributed by atoms with Crippen molar-refractivity contribution in [2.75, 3.05) is 14.1 Å². The Balaban J connectivity index is 2.66. The van der Waals surface area contributed by atoms with Crippen LogP contribution in [0.4, 0.5) is 0 Å². The predicted molar refractivity (Wildman–Crippen MR) is 59.7 cm³/mol. The predicted octanol–water partition coefficient (Wildman–Crippen LogP) is 1.55. The van der Waals surface area contributed by atoms with E-state index in [1.807, 2.05) is 0 Å². The highest BCUT2D eigenvalue weighted by molar-refractivity contribution is 8.00. The molecule has 0 radical (unpaired) electrons. The van der Waals surface area contributed by atoms with E-state index in [2.05, 4.69) is 0 Å². The van der Waals surface area contributed by atoms with E-state index in [9.17, 15) is 9.59 Å². The molecule has 1 unspecified atom stereocenters. The van der Waals surface area contributed by atoms with E-state index in [4.69, 9.17) is 9.52 Å². The number of hydrogen-bond donors (Lipinski definition) is 1. The van der Waals surface area contributed by atoms with Crippen LogP contribution >= 0.6 is 11.8 Å². The van der Waals surface area contributed by atoms with E-state index < -0.39 is 5.97 Å². The van der Waals surface area contributed by atoms with Crippen molar-refractivity contribution in [1.82, 2.24) is 4.90 Å². The normalized spacial score (nSPS) is 12.2. The summed E-state index contributed by atoms with van der Waals surface area (Å²) in [6.07, 6.45) is 0. The van der Waals surface area contributed by atoms with Gasteiger partial charge in [-0.25, -0.2) is 4.79 Å². The fraction of sp³-hybridized carbons (Fsp3) is 0.400. The highest BCUT2D eigenvalue weighted by Gasteiger charge is 2.18. The lowest BCUT2D eigenvalue weighted by molar-refractivity contribution is -0.127. The molecule has 1 aromatic rings. The molecular weight excluding hydrogens is 230 g/mol. The Hall–Kier alpha value is -1.43. The molecule has 0 saturated carbocycles. The summed E-state index contributed by atoms with van der Waals surface area (Å²) in [6.45, 7) is 1.75. The lowest BCUT2D eigenvalue weighted by Crippen LogP contribution is -2.29. The van der Waals surface area contributed by atoms with Gasteiger partial charge in [-0.15, -0.1) is 0 Å². The molecule has 0 saturated heterocycles. The number of hydrogen-bond acceptors (Lipinski definition) is 4. The molecule has 5 nitrogen and oxygen atoms in total. The molecule has 1 N–H and O–H groups in total. The van der Waals surface area contributed by atoms with Crippen molar-refractivity contribution in [2.45, 2.75) is 17.3 Å². The zero-order valence-corrected chi connectivity index (χ0v) is 10.1. The van der Waals surface area contributed by atoms with Crippen LogP contribution in [0.5, 0.6) is 0 Å². The molecule has 0 aliphatic heterocycles. The second-order valence-corrected chi connectivity index (χ2v) is 4.76. The van der Waals surface area contributed by atoms with Crippen LogP contribution in [0, 0.1) is 0 Å². The van der Waals surface area contributed by atoms with Crippen LogP contribution in [-0.2, 0) is 4.79 Å². The first-order valence-electron chi connectivity index (χ1n) is 4.62. The maximum absolute atomic E-state index is 11.5. The van der Waals surface area contributed by atoms with E-state index in [0.29, 0.717) is 5.09 Å². The second-order valence-electron chi connectivity index (χ2n) is 3.42. The summed E-state index contributed by atoms with van der Waals surface area (Å²) >= 11 is 1.20. The van der Waals surface area contributed by atoms with E-state index >= 15 is 0 Å². The second kappa shape index (κ2) is 5.07. The van der Waals surface area contributed by atoms with Gasteiger partial charge in [0, 0.05) is 14.1 Å². The monoisotopic (exact) mass is 243 g/mol. The number of aromatic carboxylic acids is 1. The molecular formula is C10H13NO4S. The Morgan fingerprint density at radius 3 is 2.50 bits per heavy atom. The molecule has 88 valence electrons. The molecule has 6 heteroatoms. The van der Waals surface area contributed by atoms with Crippen molar-refractivity contribution < 1.29 is 19.1 Å². The van der Waals surface area contributed by atoms with Gasteiger partial charge in [0.2, 0.25) is 11.7 Å². The van der Waals surface area contributed by atoms with Crippen LogP contribution in [0.15, 0.2) is 21.6 Å². The number of rotatable bonds is 4. The number of thioether (sulfide) groups is 1. The summed E-state index contributed by atoms with van der Waals surface area (Å²) in [6, 6.07) is 2.92. The van der Waals surface area contributed by atoms with E-state index in [1.54, 1.807) is 27.1 Å². The Kier molecular flexibility index (Phi) is 4.00. The van der Waals surface area contributed by atoms with Gasteiger partial charge >= 0.3 is 5.97 Å². The first kappa shape index (κ1) is 12.6. The molecule has 0 spiro atoms. The summed E-state index contributed by atoms with van der Waals surface area (Å²) in [5, 5.41) is 8.78. The summed E-state index contributed by atoms with van der Waals surface area (Å²) < 4.78 is 5.04. The van der Waals surface area contributed by atoms with Gasteiger partial charge in [0.1, 0.15) is 0 Å². The van der Waals surface area contributed by atoms with Crippen molar-refractivity contribution >= 4 is 23.6 Å². The van der Waals surface area contributed by atoms with Gasteiger partial charge < -0.3 is 14.4 Å². The molecule has 1 atom stereocenters. The Morgan fingerprint density at radius 2 is 2.06 bits per heavy atom. The van der Waals surface area contributed by atoms with E-state index in [1.165, 1.54) is 22.7 Å². The number of amides is 1. The number of nitrogens with zero attached hydrogens (tertiary/aromatic N) is 1. The van der Waals surface area contributed by atoms with Gasteiger partial charge in [0.05, 0.1) is 5.25 Å². The average Bonchev–Trinajstić information content (AvgIpc) is 2.64. The van der Waals surface area contributed by atoms with Gasteiger partial charge in [-0.1, -0.05) is 11.8 Å². The van der Waals surface area contributed by atoms with Crippen LogP contribution in [-0.4, -0.2) is 41.2 Å². The number of carboxylic acids is 1. The van der Waals surface area contributed by atoms with Crippen LogP contribution in [0.1, 0.15) is 17.5 Å². The fourth-order valence-electron chi connectivity index (χ4n) is 1.09. The van der Waals surface area contributed by atoms with Gasteiger partial charge in [0.25, 0.3) is 0 Å². The maximum atomic E-state index is 11.5. The van der Waals surface area contributed by atoms with E-state index in [-0.39, 0.29) is 16.9 Å². The third kappa shape index (κ3) is 3.03. The molecule has 0 fully saturated rings. The van der Waals surface area contributed by atoms with Crippen molar-refractivity contribution in [1.29, 1.82) is 0 Å². The molecule has 16 heavy (non-hydrogen) atoms. The standard InChI is InChI=1S/C10H13NO4S/c1-6(9(12)11(2)3)16-8-5-4-7(15-8)10(13)14/h4-6H,1-3H3,(H,13,14). The zero-order valence-electron chi connectivity index (χ0n) is 9.26. The topological polar surface area (TPSA) is 70.7 Å². The SMILES string of the molecule is CC(Sc1ccc(C(=O)O)o1)C(=O)N(C)C. The fourth-order valence-corrected chi connectivity index (χ4v) is 2.03. The van der Waals surface area contributed by atoms with Gasteiger partial charge in [-0.05, 0) is 19.1 Å². The molecule has 0 aliphatic rings. The lowest BCUT2D eigenvalue weighted by atomic mass is 10.4. The molecule has 1 aromatic heterocycles. The van der Waals surface area contributed by atoms with Gasteiger partial charge in [-0.2, -0.15) is 0 Å². The third-order valence-electron chi connectivity index (χ3n) is 1.87. The zero-order chi connectivity index (χ0) is 12.3. The highest BCUT2D eigenvalue weighted by atomic mass is 32.2. The molecule has 0 aromatic carbocycles. The van der Waals surface area contributed by atoms with Crippen molar-refractivity contribution in [2.24, 2.45) is 0 Å². The van der Waals surface area contributed by atoms with Crippen molar-refractivity contribution in [3.8, 4) is 0 Å². The van der Waals surface area contributed by atoms with Crippen LogP contribution in [0.3, 0.4) is 0 Å². The maximum Gasteiger partial charge on any atom is 0.371 e. The molecule has 1 amide bonds. The van der Waals surface area contributed by atoms with Crippen LogP contribution in [0.2, 0.25) is 0 Å². The number of furan rings is 1. The minimum atomic E-state index is -1.11. The van der Waals surface area contributed by atoms with Crippen LogP contribution in [0.25, 0.3) is 0 Å². The molecule has 1 rings (SSSR count). The Labute approximate surface area is 97.4 Å². The average molecular weight is 243 g/mol. The summed E-state index contributed by atoms with van der Waals surface area (Å²) in [7, 11) is 3.34. The van der Waals surface area contributed by atoms with Crippen molar-refractivity contribution in [3.05, 3.63) is 17.9 Å². The minimum Gasteiger partial charge on any atom is -0.475 e. The molecule has 0 aliphatic carbocycles. The summed E-state index contributed by atoms with van der Waals surface area (Å²) in [4.78, 5) is 23.6. The summed E-state index contributed by atoms with van der Waals surface area (Å²) in [5.74, 6) is -1.27. The molecule has 0 bridgehead atoms. The number of carbonyl (C=O) groups excluding carboxylic acids is 1. The minimum absolute atomic E-state index is 0.0433.